The fourth-order valence-corrected chi connectivity index (χ4v) is 3.02. The average Bonchev–Trinajstić information content (AvgIpc) is 2.51. The summed E-state index contributed by atoms with van der Waals surface area (Å²) in [6.45, 7) is 0.161. The summed E-state index contributed by atoms with van der Waals surface area (Å²) in [5.74, 6) is -0.378. The van der Waals surface area contributed by atoms with Crippen molar-refractivity contribution >= 4 is 0 Å². The van der Waals surface area contributed by atoms with Crippen LogP contribution in [0.25, 0.3) is 11.3 Å². The van der Waals surface area contributed by atoms with Crippen LogP contribution < -0.4 is 5.56 Å². The summed E-state index contributed by atoms with van der Waals surface area (Å²) < 4.78 is 15.1. The second-order valence-electron chi connectivity index (χ2n) is 5.98. The van der Waals surface area contributed by atoms with E-state index < -0.39 is 5.60 Å². The number of hydrogen-bond donors (Lipinski definition) is 1. The highest BCUT2D eigenvalue weighted by Gasteiger charge is 2.30. The zero-order valence-corrected chi connectivity index (χ0v) is 12.3. The minimum atomic E-state index is -0.886. The Hall–Kier alpha value is -2.01. The molecule has 0 bridgehead atoms. The number of aromatic nitrogens is 2. The third kappa shape index (κ3) is 3.09. The second-order valence-corrected chi connectivity index (χ2v) is 5.98. The lowest BCUT2D eigenvalue weighted by atomic mass is 9.85. The molecule has 0 spiro atoms. The Morgan fingerprint density at radius 2 is 1.86 bits per heavy atom. The summed E-state index contributed by atoms with van der Waals surface area (Å²) in [6.07, 6.45) is 4.37. The van der Waals surface area contributed by atoms with Gasteiger partial charge in [-0.25, -0.2) is 9.07 Å². The smallest absolute Gasteiger partial charge is 0.266 e. The maximum atomic E-state index is 13.9. The zero-order chi connectivity index (χ0) is 15.6. The molecule has 1 aromatic carbocycles. The molecular weight excluding hydrogens is 283 g/mol. The van der Waals surface area contributed by atoms with Crippen molar-refractivity contribution in [1.82, 2.24) is 9.78 Å². The van der Waals surface area contributed by atoms with E-state index in [1.54, 1.807) is 18.2 Å². The highest BCUT2D eigenvalue weighted by Crippen LogP contribution is 2.29. The van der Waals surface area contributed by atoms with E-state index in [1.807, 2.05) is 0 Å². The number of halogens is 1. The lowest BCUT2D eigenvalue weighted by molar-refractivity contribution is -0.0153. The Morgan fingerprint density at radius 3 is 2.59 bits per heavy atom. The van der Waals surface area contributed by atoms with E-state index in [9.17, 15) is 14.3 Å². The van der Waals surface area contributed by atoms with Gasteiger partial charge < -0.3 is 5.11 Å². The quantitative estimate of drug-likeness (QED) is 0.948. The molecule has 4 nitrogen and oxygen atoms in total. The molecule has 1 heterocycles. The van der Waals surface area contributed by atoms with Crippen molar-refractivity contribution in [3.05, 3.63) is 52.6 Å². The molecule has 1 aliphatic rings. The Labute approximate surface area is 128 Å². The van der Waals surface area contributed by atoms with Crippen molar-refractivity contribution in [3.63, 3.8) is 0 Å². The van der Waals surface area contributed by atoms with Crippen molar-refractivity contribution < 1.29 is 9.50 Å². The molecule has 5 heteroatoms. The van der Waals surface area contributed by atoms with Gasteiger partial charge in [-0.1, -0.05) is 31.4 Å². The lowest BCUT2D eigenvalue weighted by Crippen LogP contribution is -2.40. The lowest BCUT2D eigenvalue weighted by Gasteiger charge is -2.32. The molecule has 3 rings (SSSR count). The van der Waals surface area contributed by atoms with Crippen LogP contribution in [0.5, 0.6) is 0 Å². The van der Waals surface area contributed by atoms with Crippen LogP contribution in [-0.2, 0) is 6.54 Å². The predicted octanol–water partition coefficient (Wildman–Crippen LogP) is 2.74. The van der Waals surface area contributed by atoms with E-state index in [0.29, 0.717) is 24.1 Å². The van der Waals surface area contributed by atoms with Gasteiger partial charge in [0.25, 0.3) is 5.56 Å². The molecule has 116 valence electrons. The van der Waals surface area contributed by atoms with Gasteiger partial charge in [0.2, 0.25) is 0 Å². The van der Waals surface area contributed by atoms with Crippen LogP contribution >= 0.6 is 0 Å². The molecule has 22 heavy (non-hydrogen) atoms. The monoisotopic (exact) mass is 302 g/mol. The molecule has 1 N–H and O–H groups in total. The van der Waals surface area contributed by atoms with Gasteiger partial charge >= 0.3 is 0 Å². The van der Waals surface area contributed by atoms with Gasteiger partial charge in [-0.05, 0) is 31.0 Å². The van der Waals surface area contributed by atoms with Crippen LogP contribution in [0.3, 0.4) is 0 Å². The number of rotatable bonds is 3. The normalized spacial score (nSPS) is 17.4. The molecule has 1 fully saturated rings. The van der Waals surface area contributed by atoms with Gasteiger partial charge in [0.15, 0.2) is 0 Å². The van der Waals surface area contributed by atoms with Crippen molar-refractivity contribution in [2.24, 2.45) is 0 Å². The van der Waals surface area contributed by atoms with Gasteiger partial charge in [0.1, 0.15) is 5.82 Å². The minimum absolute atomic E-state index is 0.161. The standard InChI is InChI=1S/C17H19FN2O2/c18-14-7-3-2-6-13(14)15-8-9-16(21)20(19-15)12-17(22)10-4-1-5-11-17/h2-3,6-9,22H,1,4-5,10-12H2. The van der Waals surface area contributed by atoms with Crippen LogP contribution in [0.1, 0.15) is 32.1 Å². The van der Waals surface area contributed by atoms with Crippen LogP contribution in [0.4, 0.5) is 4.39 Å². The summed E-state index contributed by atoms with van der Waals surface area (Å²) in [7, 11) is 0. The summed E-state index contributed by atoms with van der Waals surface area (Å²) in [5, 5.41) is 14.8. The third-order valence-corrected chi connectivity index (χ3v) is 4.24. The van der Waals surface area contributed by atoms with E-state index >= 15 is 0 Å². The van der Waals surface area contributed by atoms with Crippen molar-refractivity contribution in [3.8, 4) is 11.3 Å². The molecule has 2 aromatic rings. The molecule has 1 aliphatic carbocycles. The molecule has 1 saturated carbocycles. The predicted molar refractivity (Wildman–Crippen MR) is 81.9 cm³/mol. The zero-order valence-electron chi connectivity index (χ0n) is 12.3. The molecule has 0 radical (unpaired) electrons. The maximum Gasteiger partial charge on any atom is 0.266 e. The molecule has 1 aromatic heterocycles. The van der Waals surface area contributed by atoms with Crippen molar-refractivity contribution in [2.45, 2.75) is 44.2 Å². The van der Waals surface area contributed by atoms with E-state index in [2.05, 4.69) is 5.10 Å². The van der Waals surface area contributed by atoms with Gasteiger partial charge in [0, 0.05) is 11.6 Å². The van der Waals surface area contributed by atoms with Gasteiger partial charge in [-0.15, -0.1) is 0 Å². The second kappa shape index (κ2) is 6.01. The first-order valence-corrected chi connectivity index (χ1v) is 7.63. The highest BCUT2D eigenvalue weighted by atomic mass is 19.1. The highest BCUT2D eigenvalue weighted by molar-refractivity contribution is 5.58. The third-order valence-electron chi connectivity index (χ3n) is 4.24. The molecule has 0 unspecified atom stereocenters. The Balaban J connectivity index is 1.94. The van der Waals surface area contributed by atoms with Crippen LogP contribution in [0, 0.1) is 5.82 Å². The summed E-state index contributed by atoms with van der Waals surface area (Å²) in [6, 6.07) is 9.22. The van der Waals surface area contributed by atoms with Crippen LogP contribution in [0.15, 0.2) is 41.2 Å². The molecule has 0 saturated heterocycles. The van der Waals surface area contributed by atoms with E-state index in [0.717, 1.165) is 19.3 Å². The Kier molecular flexibility index (Phi) is 4.07. The average molecular weight is 302 g/mol. The summed E-state index contributed by atoms with van der Waals surface area (Å²) in [4.78, 5) is 12.0. The number of aliphatic hydroxyl groups is 1. The number of benzene rings is 1. The van der Waals surface area contributed by atoms with Crippen LogP contribution in [0.2, 0.25) is 0 Å². The number of nitrogens with zero attached hydrogens (tertiary/aromatic N) is 2. The number of hydrogen-bond acceptors (Lipinski definition) is 3. The first-order valence-electron chi connectivity index (χ1n) is 7.63. The van der Waals surface area contributed by atoms with Crippen LogP contribution in [-0.4, -0.2) is 20.5 Å². The fourth-order valence-electron chi connectivity index (χ4n) is 3.02. The van der Waals surface area contributed by atoms with E-state index in [-0.39, 0.29) is 17.9 Å². The first-order chi connectivity index (χ1) is 10.6. The van der Waals surface area contributed by atoms with E-state index in [1.165, 1.54) is 22.9 Å². The Morgan fingerprint density at radius 1 is 1.14 bits per heavy atom. The topological polar surface area (TPSA) is 55.1 Å². The van der Waals surface area contributed by atoms with Gasteiger partial charge in [-0.2, -0.15) is 5.10 Å². The maximum absolute atomic E-state index is 13.9. The fraction of sp³-hybridized carbons (Fsp3) is 0.412. The SMILES string of the molecule is O=c1ccc(-c2ccccc2F)nn1CC1(O)CCCCC1. The van der Waals surface area contributed by atoms with Gasteiger partial charge in [-0.3, -0.25) is 4.79 Å². The summed E-state index contributed by atoms with van der Waals surface area (Å²) >= 11 is 0. The van der Waals surface area contributed by atoms with E-state index in [4.69, 9.17) is 0 Å². The first kappa shape index (κ1) is 14.9. The molecule has 0 aliphatic heterocycles. The molecular formula is C17H19FN2O2. The largest absolute Gasteiger partial charge is 0.388 e. The molecule has 0 atom stereocenters. The van der Waals surface area contributed by atoms with Gasteiger partial charge in [0.05, 0.1) is 17.8 Å². The summed E-state index contributed by atoms with van der Waals surface area (Å²) in [5.41, 5.74) is -0.411. The molecule has 0 amide bonds. The Bertz CT molecular complexity index is 721. The van der Waals surface area contributed by atoms with Crippen molar-refractivity contribution in [2.75, 3.05) is 0 Å². The van der Waals surface area contributed by atoms with Crippen molar-refractivity contribution in [1.29, 1.82) is 0 Å². The minimum Gasteiger partial charge on any atom is -0.388 e.